The lowest BCUT2D eigenvalue weighted by Gasteiger charge is -2.21. The fourth-order valence-electron chi connectivity index (χ4n) is 3.01. The van der Waals surface area contributed by atoms with Gasteiger partial charge in [0.1, 0.15) is 12.4 Å². The van der Waals surface area contributed by atoms with Crippen molar-refractivity contribution in [1.29, 1.82) is 0 Å². The van der Waals surface area contributed by atoms with Crippen LogP contribution in [0.3, 0.4) is 0 Å². The Bertz CT molecular complexity index is 865. The molecule has 10 heteroatoms. The quantitative estimate of drug-likeness (QED) is 0.320. The van der Waals surface area contributed by atoms with Gasteiger partial charge in [-0.25, -0.2) is 9.38 Å². The summed E-state index contributed by atoms with van der Waals surface area (Å²) in [4.78, 5) is 21.2. The van der Waals surface area contributed by atoms with E-state index in [0.717, 1.165) is 25.2 Å². The van der Waals surface area contributed by atoms with E-state index in [4.69, 9.17) is 11.6 Å². The zero-order valence-corrected chi connectivity index (χ0v) is 20.8. The number of benzene rings is 1. The zero-order valence-electron chi connectivity index (χ0n) is 16.9. The highest BCUT2D eigenvalue weighted by atomic mass is 127. The van der Waals surface area contributed by atoms with E-state index in [1.54, 1.807) is 37.6 Å². The number of amides is 1. The van der Waals surface area contributed by atoms with Gasteiger partial charge in [-0.2, -0.15) is 0 Å². The zero-order chi connectivity index (χ0) is 20.8. The minimum absolute atomic E-state index is 0. The maximum absolute atomic E-state index is 13.4. The second-order valence-electron chi connectivity index (χ2n) is 7.06. The predicted octanol–water partition coefficient (Wildman–Crippen LogP) is 3.56. The number of carbonyl (C=O) groups is 1. The molecule has 2 N–H and O–H groups in total. The van der Waals surface area contributed by atoms with Gasteiger partial charge in [0.05, 0.1) is 11.6 Å². The van der Waals surface area contributed by atoms with Gasteiger partial charge in [-0.3, -0.25) is 4.79 Å². The number of thiophene rings is 1. The number of hydrogen-bond acceptors (Lipinski definition) is 4. The average molecular weight is 566 g/mol. The lowest BCUT2D eigenvalue weighted by molar-refractivity contribution is -0.127. The van der Waals surface area contributed by atoms with Crippen molar-refractivity contribution in [3.8, 4) is 0 Å². The number of carbonyl (C=O) groups excluding carboxylic acids is 1. The summed E-state index contributed by atoms with van der Waals surface area (Å²) in [5.74, 6) is 0.135. The topological polar surface area (TPSA) is 60.0 Å². The fourth-order valence-corrected chi connectivity index (χ4v) is 3.83. The van der Waals surface area contributed by atoms with Gasteiger partial charge in [0, 0.05) is 43.8 Å². The van der Waals surface area contributed by atoms with E-state index >= 15 is 0 Å². The molecule has 164 valence electrons. The molecule has 1 amide bonds. The molecule has 1 atom stereocenters. The van der Waals surface area contributed by atoms with Crippen LogP contribution in [-0.4, -0.2) is 56.5 Å². The summed E-state index contributed by atoms with van der Waals surface area (Å²) in [7, 11) is 3.43. The molecule has 1 aromatic carbocycles. The number of anilines is 1. The Morgan fingerprint density at radius 1 is 1.40 bits per heavy atom. The van der Waals surface area contributed by atoms with Crippen LogP contribution in [0.4, 0.5) is 10.1 Å². The summed E-state index contributed by atoms with van der Waals surface area (Å²) in [6, 6.07) is 8.99. The van der Waals surface area contributed by atoms with Gasteiger partial charge in [0.25, 0.3) is 0 Å². The summed E-state index contributed by atoms with van der Waals surface area (Å²) < 4.78 is 13.4. The van der Waals surface area contributed by atoms with Crippen LogP contribution in [0.1, 0.15) is 11.3 Å². The van der Waals surface area contributed by atoms with Crippen molar-refractivity contribution in [2.75, 3.05) is 38.6 Å². The molecule has 0 aliphatic carbocycles. The van der Waals surface area contributed by atoms with Gasteiger partial charge < -0.3 is 20.4 Å². The van der Waals surface area contributed by atoms with Crippen LogP contribution in [0, 0.1) is 5.82 Å². The van der Waals surface area contributed by atoms with E-state index in [0.29, 0.717) is 12.5 Å². The summed E-state index contributed by atoms with van der Waals surface area (Å²) in [5, 5.41) is 8.88. The Morgan fingerprint density at radius 2 is 2.20 bits per heavy atom. The largest absolute Gasteiger partial charge is 0.369 e. The maximum Gasteiger partial charge on any atom is 0.243 e. The van der Waals surface area contributed by atoms with Crippen LogP contribution in [0.2, 0.25) is 5.02 Å². The van der Waals surface area contributed by atoms with Crippen molar-refractivity contribution in [2.45, 2.75) is 19.0 Å². The molecule has 1 saturated heterocycles. The summed E-state index contributed by atoms with van der Waals surface area (Å²) in [5.41, 5.74) is 0.897. The third-order valence-electron chi connectivity index (χ3n) is 4.68. The highest BCUT2D eigenvalue weighted by Crippen LogP contribution is 2.25. The van der Waals surface area contributed by atoms with Crippen molar-refractivity contribution in [3.63, 3.8) is 0 Å². The second-order valence-corrected chi connectivity index (χ2v) is 8.50. The van der Waals surface area contributed by atoms with Crippen LogP contribution < -0.4 is 15.5 Å². The Kier molecular flexibility index (Phi) is 9.63. The molecule has 0 spiro atoms. The van der Waals surface area contributed by atoms with Gasteiger partial charge in [-0.05, 0) is 36.1 Å². The van der Waals surface area contributed by atoms with Gasteiger partial charge in [-0.1, -0.05) is 17.7 Å². The molecule has 1 unspecified atom stereocenters. The molecule has 30 heavy (non-hydrogen) atoms. The summed E-state index contributed by atoms with van der Waals surface area (Å²) in [6.45, 7) is 2.29. The number of rotatable bonds is 6. The van der Waals surface area contributed by atoms with Crippen LogP contribution in [0.5, 0.6) is 0 Å². The normalized spacial score (nSPS) is 16.2. The van der Waals surface area contributed by atoms with Gasteiger partial charge >= 0.3 is 0 Å². The Balaban J connectivity index is 0.00000320. The maximum atomic E-state index is 13.4. The number of aliphatic imine (C=N–C) groups is 1. The number of hydrogen-bond donors (Lipinski definition) is 2. The molecule has 2 aromatic rings. The third-order valence-corrected chi connectivity index (χ3v) is 5.84. The number of halogens is 3. The van der Waals surface area contributed by atoms with Crippen molar-refractivity contribution >= 4 is 64.5 Å². The van der Waals surface area contributed by atoms with E-state index in [1.165, 1.54) is 15.8 Å². The molecule has 0 saturated carbocycles. The molecular formula is C20H26ClFIN5OS. The molecular weight excluding hydrogens is 540 g/mol. The first kappa shape index (κ1) is 24.7. The second kappa shape index (κ2) is 11.7. The minimum Gasteiger partial charge on any atom is -0.369 e. The van der Waals surface area contributed by atoms with Gasteiger partial charge in [-0.15, -0.1) is 35.3 Å². The number of nitrogens with zero attached hydrogens (tertiary/aromatic N) is 3. The molecule has 2 heterocycles. The molecule has 0 bridgehead atoms. The van der Waals surface area contributed by atoms with E-state index in [-0.39, 0.29) is 47.5 Å². The standard InChI is InChI=1S/C20H25ClFN5OS.HI/c1-26(2)19(28)12-24-20(23-11-16-4-3-9-29-16)25-14-7-8-27(13-14)15-5-6-18(22)17(21)10-15;/h3-6,9-10,14H,7-8,11-13H2,1-2H3,(H2,23,24,25);1H. The first-order valence-corrected chi connectivity index (χ1v) is 10.7. The van der Waals surface area contributed by atoms with Crippen molar-refractivity contribution in [3.05, 3.63) is 51.4 Å². The molecule has 1 fully saturated rings. The van der Waals surface area contributed by atoms with E-state index in [1.807, 2.05) is 11.4 Å². The number of nitrogens with one attached hydrogen (secondary N) is 2. The van der Waals surface area contributed by atoms with E-state index in [9.17, 15) is 9.18 Å². The number of likely N-dealkylation sites (N-methyl/N-ethyl adjacent to an activating group) is 1. The van der Waals surface area contributed by atoms with Crippen LogP contribution in [0.15, 0.2) is 40.7 Å². The predicted molar refractivity (Wildman–Crippen MR) is 133 cm³/mol. The van der Waals surface area contributed by atoms with Gasteiger partial charge in [0.15, 0.2) is 5.96 Å². The van der Waals surface area contributed by atoms with E-state index < -0.39 is 5.82 Å². The van der Waals surface area contributed by atoms with Crippen molar-refractivity contribution < 1.29 is 9.18 Å². The Labute approximate surface area is 202 Å². The Morgan fingerprint density at radius 3 is 2.87 bits per heavy atom. The van der Waals surface area contributed by atoms with Crippen LogP contribution >= 0.6 is 46.9 Å². The fraction of sp³-hybridized carbons (Fsp3) is 0.400. The highest BCUT2D eigenvalue weighted by Gasteiger charge is 2.24. The molecule has 3 rings (SSSR count). The minimum atomic E-state index is -0.415. The number of guanidine groups is 1. The monoisotopic (exact) mass is 565 g/mol. The van der Waals surface area contributed by atoms with Crippen molar-refractivity contribution in [2.24, 2.45) is 4.99 Å². The van der Waals surface area contributed by atoms with Crippen molar-refractivity contribution in [1.82, 2.24) is 15.5 Å². The molecule has 0 radical (unpaired) electrons. The SMILES string of the molecule is CN(C)C(=O)CN=C(NCc1cccs1)NC1CCN(c2ccc(F)c(Cl)c2)C1.I. The lowest BCUT2D eigenvalue weighted by Crippen LogP contribution is -2.45. The molecule has 1 aromatic heterocycles. The van der Waals surface area contributed by atoms with E-state index in [2.05, 4.69) is 26.6 Å². The molecule has 6 nitrogen and oxygen atoms in total. The molecule has 1 aliphatic heterocycles. The molecule has 1 aliphatic rings. The Hall–Kier alpha value is -1.59. The summed E-state index contributed by atoms with van der Waals surface area (Å²) >= 11 is 7.58. The van der Waals surface area contributed by atoms with Crippen LogP contribution in [0.25, 0.3) is 0 Å². The smallest absolute Gasteiger partial charge is 0.243 e. The van der Waals surface area contributed by atoms with Crippen LogP contribution in [-0.2, 0) is 11.3 Å². The average Bonchev–Trinajstić information content (AvgIpc) is 3.37. The lowest BCUT2D eigenvalue weighted by atomic mass is 10.2. The third kappa shape index (κ3) is 6.98. The first-order valence-electron chi connectivity index (χ1n) is 9.40. The highest BCUT2D eigenvalue weighted by molar-refractivity contribution is 14.0. The summed E-state index contributed by atoms with van der Waals surface area (Å²) in [6.07, 6.45) is 0.899. The van der Waals surface area contributed by atoms with Gasteiger partial charge in [0.2, 0.25) is 5.91 Å². The first-order chi connectivity index (χ1) is 13.9.